The van der Waals surface area contributed by atoms with E-state index in [1.54, 1.807) is 0 Å². The first kappa shape index (κ1) is 13.8. The summed E-state index contributed by atoms with van der Waals surface area (Å²) in [6.45, 7) is 4.24. The third kappa shape index (κ3) is 3.24. The van der Waals surface area contributed by atoms with Crippen molar-refractivity contribution in [3.8, 4) is 0 Å². The Morgan fingerprint density at radius 2 is 1.26 bits per heavy atom. The van der Waals surface area contributed by atoms with Gasteiger partial charge in [-0.1, -0.05) is 80.9 Å². The summed E-state index contributed by atoms with van der Waals surface area (Å²) in [5.41, 5.74) is 2.36. The second-order valence-electron chi connectivity index (χ2n) is 5.18. The SMILES string of the molecule is CCC(C)C(O)C(c1ccccc1)c1ccccc1. The maximum absolute atomic E-state index is 10.7. The van der Waals surface area contributed by atoms with Crippen LogP contribution >= 0.6 is 0 Å². The van der Waals surface area contributed by atoms with Gasteiger partial charge in [-0.25, -0.2) is 0 Å². The molecule has 0 aliphatic carbocycles. The highest BCUT2D eigenvalue weighted by Crippen LogP contribution is 2.32. The van der Waals surface area contributed by atoms with Gasteiger partial charge >= 0.3 is 0 Å². The van der Waals surface area contributed by atoms with Crippen molar-refractivity contribution in [2.75, 3.05) is 0 Å². The van der Waals surface area contributed by atoms with Gasteiger partial charge in [-0.05, 0) is 17.0 Å². The highest BCUT2D eigenvalue weighted by Gasteiger charge is 2.26. The molecule has 1 nitrogen and oxygen atoms in total. The zero-order valence-corrected chi connectivity index (χ0v) is 11.7. The molecule has 0 saturated heterocycles. The van der Waals surface area contributed by atoms with Crippen LogP contribution in [0.3, 0.4) is 0 Å². The van der Waals surface area contributed by atoms with Crippen LogP contribution in [-0.4, -0.2) is 11.2 Å². The van der Waals surface area contributed by atoms with E-state index in [0.29, 0.717) is 0 Å². The Morgan fingerprint density at radius 3 is 1.63 bits per heavy atom. The number of hydrogen-bond donors (Lipinski definition) is 1. The van der Waals surface area contributed by atoms with Crippen LogP contribution in [0.1, 0.15) is 37.3 Å². The van der Waals surface area contributed by atoms with Gasteiger partial charge in [-0.2, -0.15) is 0 Å². The Balaban J connectivity index is 2.40. The molecule has 19 heavy (non-hydrogen) atoms. The lowest BCUT2D eigenvalue weighted by atomic mass is 9.81. The Morgan fingerprint density at radius 1 is 0.842 bits per heavy atom. The van der Waals surface area contributed by atoms with E-state index in [1.807, 2.05) is 36.4 Å². The second kappa shape index (κ2) is 6.53. The molecule has 2 aromatic carbocycles. The molecule has 1 heteroatoms. The van der Waals surface area contributed by atoms with E-state index in [2.05, 4.69) is 38.1 Å². The van der Waals surface area contributed by atoms with E-state index in [0.717, 1.165) is 6.42 Å². The molecule has 2 rings (SSSR count). The fraction of sp³-hybridized carbons (Fsp3) is 0.333. The van der Waals surface area contributed by atoms with Crippen molar-refractivity contribution in [1.29, 1.82) is 0 Å². The molecule has 0 aliphatic heterocycles. The molecule has 0 radical (unpaired) electrons. The Labute approximate surface area is 115 Å². The summed E-state index contributed by atoms with van der Waals surface area (Å²) in [5.74, 6) is 0.336. The minimum absolute atomic E-state index is 0.0531. The van der Waals surface area contributed by atoms with Crippen molar-refractivity contribution < 1.29 is 5.11 Å². The smallest absolute Gasteiger partial charge is 0.0674 e. The van der Waals surface area contributed by atoms with E-state index < -0.39 is 0 Å². The summed E-state index contributed by atoms with van der Waals surface area (Å²) in [4.78, 5) is 0. The van der Waals surface area contributed by atoms with Crippen molar-refractivity contribution in [2.45, 2.75) is 32.3 Å². The van der Waals surface area contributed by atoms with Gasteiger partial charge in [-0.15, -0.1) is 0 Å². The fourth-order valence-electron chi connectivity index (χ4n) is 2.48. The minimum atomic E-state index is -0.352. The summed E-state index contributed by atoms with van der Waals surface area (Å²) in [7, 11) is 0. The van der Waals surface area contributed by atoms with E-state index in [1.165, 1.54) is 11.1 Å². The number of hydrogen-bond acceptors (Lipinski definition) is 1. The third-order valence-electron chi connectivity index (χ3n) is 3.89. The molecular formula is C18H22O. The standard InChI is InChI=1S/C18H22O/c1-3-14(2)18(19)17(15-10-6-4-7-11-15)16-12-8-5-9-13-16/h4-14,17-19H,3H2,1-2H3. The van der Waals surface area contributed by atoms with Crippen LogP contribution in [0, 0.1) is 5.92 Å². The number of aliphatic hydroxyl groups is 1. The summed E-state index contributed by atoms with van der Waals surface area (Å²) in [5, 5.41) is 10.7. The molecule has 0 spiro atoms. The summed E-state index contributed by atoms with van der Waals surface area (Å²) >= 11 is 0. The zero-order valence-electron chi connectivity index (χ0n) is 11.7. The van der Waals surface area contributed by atoms with Crippen LogP contribution in [-0.2, 0) is 0 Å². The summed E-state index contributed by atoms with van der Waals surface area (Å²) in [6.07, 6.45) is 0.631. The minimum Gasteiger partial charge on any atom is -0.392 e. The van der Waals surface area contributed by atoms with Crippen LogP contribution in [0.4, 0.5) is 0 Å². The fourth-order valence-corrected chi connectivity index (χ4v) is 2.48. The number of benzene rings is 2. The lowest BCUT2D eigenvalue weighted by molar-refractivity contribution is 0.0981. The van der Waals surface area contributed by atoms with E-state index >= 15 is 0 Å². The van der Waals surface area contributed by atoms with Gasteiger partial charge in [-0.3, -0.25) is 0 Å². The molecule has 2 aromatic rings. The zero-order chi connectivity index (χ0) is 13.7. The molecule has 100 valence electrons. The van der Waals surface area contributed by atoms with Gasteiger partial charge in [0.15, 0.2) is 0 Å². The highest BCUT2D eigenvalue weighted by molar-refractivity contribution is 5.33. The first-order valence-corrected chi connectivity index (χ1v) is 7.02. The number of rotatable bonds is 5. The van der Waals surface area contributed by atoms with Gasteiger partial charge in [0.2, 0.25) is 0 Å². The summed E-state index contributed by atoms with van der Waals surface area (Å²) in [6, 6.07) is 20.6. The Hall–Kier alpha value is -1.60. The van der Waals surface area contributed by atoms with Crippen molar-refractivity contribution >= 4 is 0 Å². The molecule has 0 fully saturated rings. The normalized spacial score (nSPS) is 14.3. The average molecular weight is 254 g/mol. The lowest BCUT2D eigenvalue weighted by Gasteiger charge is -2.28. The summed E-state index contributed by atoms with van der Waals surface area (Å²) < 4.78 is 0. The average Bonchev–Trinajstić information content (AvgIpc) is 2.49. The predicted octanol–water partition coefficient (Wildman–Crippen LogP) is 4.23. The van der Waals surface area contributed by atoms with Crippen LogP contribution in [0.25, 0.3) is 0 Å². The topological polar surface area (TPSA) is 20.2 Å². The molecule has 1 N–H and O–H groups in total. The van der Waals surface area contributed by atoms with Gasteiger partial charge in [0.1, 0.15) is 0 Å². The van der Waals surface area contributed by atoms with Gasteiger partial charge < -0.3 is 5.11 Å². The molecule has 0 saturated carbocycles. The molecule has 0 aromatic heterocycles. The first-order chi connectivity index (χ1) is 9.24. The van der Waals surface area contributed by atoms with Gasteiger partial charge in [0.05, 0.1) is 6.10 Å². The van der Waals surface area contributed by atoms with Crippen molar-refractivity contribution in [1.82, 2.24) is 0 Å². The molecule has 0 bridgehead atoms. The number of aliphatic hydroxyl groups excluding tert-OH is 1. The van der Waals surface area contributed by atoms with Crippen LogP contribution in [0.15, 0.2) is 60.7 Å². The van der Waals surface area contributed by atoms with Crippen molar-refractivity contribution in [2.24, 2.45) is 5.92 Å². The maximum Gasteiger partial charge on any atom is 0.0674 e. The van der Waals surface area contributed by atoms with Gasteiger partial charge in [0, 0.05) is 5.92 Å². The molecule has 2 atom stereocenters. The van der Waals surface area contributed by atoms with Crippen molar-refractivity contribution in [3.63, 3.8) is 0 Å². The quantitative estimate of drug-likeness (QED) is 0.846. The highest BCUT2D eigenvalue weighted by atomic mass is 16.3. The van der Waals surface area contributed by atoms with Crippen molar-refractivity contribution in [3.05, 3.63) is 71.8 Å². The molecular weight excluding hydrogens is 232 g/mol. The predicted molar refractivity (Wildman–Crippen MR) is 80.2 cm³/mol. The third-order valence-corrected chi connectivity index (χ3v) is 3.89. The second-order valence-corrected chi connectivity index (χ2v) is 5.18. The Kier molecular flexibility index (Phi) is 4.75. The lowest BCUT2D eigenvalue weighted by Crippen LogP contribution is -2.26. The van der Waals surface area contributed by atoms with Gasteiger partial charge in [0.25, 0.3) is 0 Å². The maximum atomic E-state index is 10.7. The first-order valence-electron chi connectivity index (χ1n) is 7.02. The molecule has 0 heterocycles. The Bertz CT molecular complexity index is 438. The van der Waals surface area contributed by atoms with E-state index in [-0.39, 0.29) is 17.9 Å². The monoisotopic (exact) mass is 254 g/mol. The molecule has 0 amide bonds. The van der Waals surface area contributed by atoms with E-state index in [9.17, 15) is 5.11 Å². The van der Waals surface area contributed by atoms with Crippen LogP contribution in [0.2, 0.25) is 0 Å². The molecule has 0 aliphatic rings. The largest absolute Gasteiger partial charge is 0.392 e. The van der Waals surface area contributed by atoms with Crippen LogP contribution < -0.4 is 0 Å². The van der Waals surface area contributed by atoms with E-state index in [4.69, 9.17) is 0 Å². The molecule has 2 unspecified atom stereocenters. The van der Waals surface area contributed by atoms with Crippen LogP contribution in [0.5, 0.6) is 0 Å².